The molecule has 0 atom stereocenters. The van der Waals surface area contributed by atoms with Gasteiger partial charge in [-0.05, 0) is 63.4 Å². The first kappa shape index (κ1) is 16.0. The molecule has 4 heteroatoms. The van der Waals surface area contributed by atoms with Gasteiger partial charge in [0, 0.05) is 19.1 Å². The molecule has 2 N–H and O–H groups in total. The molecule has 0 aliphatic carbocycles. The maximum absolute atomic E-state index is 10.9. The topological polar surface area (TPSA) is 52.6 Å². The van der Waals surface area contributed by atoms with Gasteiger partial charge in [0.2, 0.25) is 0 Å². The van der Waals surface area contributed by atoms with E-state index in [1.165, 1.54) is 18.4 Å². The van der Waals surface area contributed by atoms with Gasteiger partial charge in [0.1, 0.15) is 0 Å². The number of nitrogens with zero attached hydrogens (tertiary/aromatic N) is 1. The van der Waals surface area contributed by atoms with Crippen LogP contribution in [0.5, 0.6) is 0 Å². The molecule has 1 aromatic carbocycles. The smallest absolute Gasteiger partial charge is 0.335 e. The van der Waals surface area contributed by atoms with Gasteiger partial charge >= 0.3 is 5.97 Å². The van der Waals surface area contributed by atoms with Crippen LogP contribution in [0.1, 0.15) is 42.6 Å². The summed E-state index contributed by atoms with van der Waals surface area (Å²) in [5.74, 6) is -0.0936. The van der Waals surface area contributed by atoms with Crippen LogP contribution >= 0.6 is 0 Å². The minimum absolute atomic E-state index is 0.355. The zero-order valence-electron chi connectivity index (χ0n) is 13.0. The van der Waals surface area contributed by atoms with E-state index in [0.29, 0.717) is 11.6 Å². The summed E-state index contributed by atoms with van der Waals surface area (Å²) in [7, 11) is 0. The molecule has 0 saturated carbocycles. The van der Waals surface area contributed by atoms with Crippen molar-refractivity contribution in [3.05, 3.63) is 35.4 Å². The van der Waals surface area contributed by atoms with Crippen LogP contribution in [0.15, 0.2) is 24.3 Å². The van der Waals surface area contributed by atoms with Gasteiger partial charge in [-0.2, -0.15) is 0 Å². The number of piperidine rings is 1. The molecular formula is C17H26N2O2. The maximum Gasteiger partial charge on any atom is 0.335 e. The molecule has 1 aliphatic rings. The number of carbonyl (C=O) groups is 1. The number of hydrogen-bond donors (Lipinski definition) is 2. The standard InChI is InChI=1S/C17H26N2O2/c1-13(2)19(12-15-7-9-18-10-8-15)11-14-3-5-16(6-4-14)17(20)21/h3-6,13,15,18H,7-12H2,1-2H3,(H,20,21). The molecule has 1 saturated heterocycles. The first-order valence-electron chi connectivity index (χ1n) is 7.83. The van der Waals surface area contributed by atoms with Gasteiger partial charge in [-0.25, -0.2) is 4.79 Å². The second-order valence-electron chi connectivity index (χ2n) is 6.22. The number of nitrogens with one attached hydrogen (secondary N) is 1. The molecule has 21 heavy (non-hydrogen) atoms. The lowest BCUT2D eigenvalue weighted by molar-refractivity contribution is 0.0697. The van der Waals surface area contributed by atoms with E-state index in [1.807, 2.05) is 12.1 Å². The van der Waals surface area contributed by atoms with Crippen LogP contribution in [-0.4, -0.2) is 41.7 Å². The van der Waals surface area contributed by atoms with Crippen molar-refractivity contribution in [1.82, 2.24) is 10.2 Å². The van der Waals surface area contributed by atoms with E-state index in [4.69, 9.17) is 5.11 Å². The Balaban J connectivity index is 1.96. The lowest BCUT2D eigenvalue weighted by Crippen LogP contribution is -2.39. The summed E-state index contributed by atoms with van der Waals surface area (Å²) >= 11 is 0. The largest absolute Gasteiger partial charge is 0.478 e. The predicted molar refractivity (Wildman–Crippen MR) is 84.5 cm³/mol. The zero-order chi connectivity index (χ0) is 15.2. The highest BCUT2D eigenvalue weighted by atomic mass is 16.4. The van der Waals surface area contributed by atoms with E-state index in [1.54, 1.807) is 12.1 Å². The van der Waals surface area contributed by atoms with Crippen LogP contribution in [0.3, 0.4) is 0 Å². The molecule has 4 nitrogen and oxygen atoms in total. The van der Waals surface area contributed by atoms with E-state index < -0.39 is 5.97 Å². The van der Waals surface area contributed by atoms with Crippen molar-refractivity contribution in [2.24, 2.45) is 5.92 Å². The highest BCUT2D eigenvalue weighted by molar-refractivity contribution is 5.87. The van der Waals surface area contributed by atoms with Gasteiger partial charge in [-0.1, -0.05) is 12.1 Å². The van der Waals surface area contributed by atoms with Crippen LogP contribution in [0.4, 0.5) is 0 Å². The number of hydrogen-bond acceptors (Lipinski definition) is 3. The minimum Gasteiger partial charge on any atom is -0.478 e. The third-order valence-corrected chi connectivity index (χ3v) is 4.27. The highest BCUT2D eigenvalue weighted by Crippen LogP contribution is 2.17. The summed E-state index contributed by atoms with van der Waals surface area (Å²) in [6.07, 6.45) is 2.50. The van der Waals surface area contributed by atoms with Gasteiger partial charge in [0.15, 0.2) is 0 Å². The fourth-order valence-electron chi connectivity index (χ4n) is 2.84. The van der Waals surface area contributed by atoms with E-state index in [2.05, 4.69) is 24.1 Å². The Bertz CT molecular complexity index is 450. The average Bonchev–Trinajstić information content (AvgIpc) is 2.48. The summed E-state index contributed by atoms with van der Waals surface area (Å²) in [4.78, 5) is 13.4. The molecule has 1 aliphatic heterocycles. The van der Waals surface area contributed by atoms with E-state index >= 15 is 0 Å². The SMILES string of the molecule is CC(C)N(Cc1ccc(C(=O)O)cc1)CC1CCNCC1. The van der Waals surface area contributed by atoms with E-state index in [9.17, 15) is 4.79 Å². The van der Waals surface area contributed by atoms with Gasteiger partial charge in [0.05, 0.1) is 5.56 Å². The first-order chi connectivity index (χ1) is 10.1. The molecule has 0 aromatic heterocycles. The molecule has 0 bridgehead atoms. The Morgan fingerprint density at radius 2 is 1.90 bits per heavy atom. The number of carboxylic acid groups (broad SMARTS) is 1. The van der Waals surface area contributed by atoms with Crippen molar-refractivity contribution in [3.63, 3.8) is 0 Å². The second kappa shape index (κ2) is 7.57. The van der Waals surface area contributed by atoms with E-state index in [0.717, 1.165) is 32.1 Å². The lowest BCUT2D eigenvalue weighted by Gasteiger charge is -2.32. The fourth-order valence-corrected chi connectivity index (χ4v) is 2.84. The zero-order valence-corrected chi connectivity index (χ0v) is 13.0. The minimum atomic E-state index is -0.864. The number of carboxylic acids is 1. The van der Waals surface area contributed by atoms with E-state index in [-0.39, 0.29) is 0 Å². The molecule has 2 rings (SSSR count). The number of rotatable bonds is 6. The molecule has 0 unspecified atom stereocenters. The predicted octanol–water partition coefficient (Wildman–Crippen LogP) is 2.59. The van der Waals surface area contributed by atoms with Crippen molar-refractivity contribution in [3.8, 4) is 0 Å². The molecule has 0 spiro atoms. The number of aromatic carboxylic acids is 1. The normalized spacial score (nSPS) is 16.6. The Labute approximate surface area is 127 Å². The number of benzene rings is 1. The van der Waals surface area contributed by atoms with Crippen molar-refractivity contribution < 1.29 is 9.90 Å². The summed E-state index contributed by atoms with van der Waals surface area (Å²) < 4.78 is 0. The third kappa shape index (κ3) is 4.83. The van der Waals surface area contributed by atoms with Gasteiger partial charge in [-0.15, -0.1) is 0 Å². The molecular weight excluding hydrogens is 264 g/mol. The van der Waals surface area contributed by atoms with Crippen LogP contribution in [-0.2, 0) is 6.54 Å². The van der Waals surface area contributed by atoms with Crippen LogP contribution < -0.4 is 5.32 Å². The highest BCUT2D eigenvalue weighted by Gasteiger charge is 2.19. The quantitative estimate of drug-likeness (QED) is 0.845. The Morgan fingerprint density at radius 1 is 1.29 bits per heavy atom. The third-order valence-electron chi connectivity index (χ3n) is 4.27. The van der Waals surface area contributed by atoms with Gasteiger partial charge in [0.25, 0.3) is 0 Å². The monoisotopic (exact) mass is 290 g/mol. The van der Waals surface area contributed by atoms with Gasteiger partial charge < -0.3 is 10.4 Å². The summed E-state index contributed by atoms with van der Waals surface area (Å²) in [6, 6.07) is 7.75. The average molecular weight is 290 g/mol. The molecule has 1 aromatic rings. The summed E-state index contributed by atoms with van der Waals surface area (Å²) in [5.41, 5.74) is 1.54. The molecule has 0 radical (unpaired) electrons. The molecule has 1 fully saturated rings. The summed E-state index contributed by atoms with van der Waals surface area (Å²) in [6.45, 7) is 8.73. The van der Waals surface area contributed by atoms with Gasteiger partial charge in [-0.3, -0.25) is 4.90 Å². The Kier molecular flexibility index (Phi) is 5.76. The van der Waals surface area contributed by atoms with Crippen molar-refractivity contribution in [1.29, 1.82) is 0 Å². The molecule has 1 heterocycles. The molecule has 116 valence electrons. The first-order valence-corrected chi connectivity index (χ1v) is 7.83. The van der Waals surface area contributed by atoms with Crippen molar-refractivity contribution in [2.45, 2.75) is 39.3 Å². The fraction of sp³-hybridized carbons (Fsp3) is 0.588. The lowest BCUT2D eigenvalue weighted by atomic mass is 9.96. The Morgan fingerprint density at radius 3 is 2.43 bits per heavy atom. The van der Waals surface area contributed by atoms with Crippen LogP contribution in [0.25, 0.3) is 0 Å². The van der Waals surface area contributed by atoms with Crippen LogP contribution in [0.2, 0.25) is 0 Å². The Hall–Kier alpha value is -1.39. The molecule has 0 amide bonds. The maximum atomic E-state index is 10.9. The van der Waals surface area contributed by atoms with Crippen molar-refractivity contribution >= 4 is 5.97 Å². The van der Waals surface area contributed by atoms with Crippen molar-refractivity contribution in [2.75, 3.05) is 19.6 Å². The second-order valence-corrected chi connectivity index (χ2v) is 6.22. The van der Waals surface area contributed by atoms with Crippen LogP contribution in [0, 0.1) is 5.92 Å². The summed E-state index contributed by atoms with van der Waals surface area (Å²) in [5, 5.41) is 12.4.